The lowest BCUT2D eigenvalue weighted by Crippen LogP contribution is -2.17. The predicted molar refractivity (Wildman–Crippen MR) is 73.4 cm³/mol. The predicted octanol–water partition coefficient (Wildman–Crippen LogP) is 3.62. The SMILES string of the molecule is CC(=CO)COCCCCOCCCCOCC(F)(F)F. The minimum absolute atomic E-state index is 0.106. The van der Waals surface area contributed by atoms with E-state index in [4.69, 9.17) is 14.6 Å². The Morgan fingerprint density at radius 2 is 1.38 bits per heavy atom. The average Bonchev–Trinajstić information content (AvgIpc) is 2.42. The van der Waals surface area contributed by atoms with Gasteiger partial charge in [0.25, 0.3) is 0 Å². The molecule has 0 rings (SSSR count). The van der Waals surface area contributed by atoms with Gasteiger partial charge >= 0.3 is 6.18 Å². The van der Waals surface area contributed by atoms with Gasteiger partial charge in [-0.3, -0.25) is 0 Å². The van der Waals surface area contributed by atoms with E-state index in [0.717, 1.165) is 24.7 Å². The van der Waals surface area contributed by atoms with Crippen molar-refractivity contribution in [1.29, 1.82) is 0 Å². The summed E-state index contributed by atoms with van der Waals surface area (Å²) in [6.45, 7) is 2.88. The highest BCUT2D eigenvalue weighted by Gasteiger charge is 2.27. The summed E-state index contributed by atoms with van der Waals surface area (Å²) in [6, 6.07) is 0. The number of hydrogen-bond donors (Lipinski definition) is 1. The molecule has 0 aliphatic heterocycles. The van der Waals surface area contributed by atoms with Crippen molar-refractivity contribution in [3.8, 4) is 0 Å². The maximum Gasteiger partial charge on any atom is 0.411 e. The molecule has 0 aliphatic carbocycles. The van der Waals surface area contributed by atoms with Crippen molar-refractivity contribution in [2.75, 3.05) is 39.6 Å². The minimum Gasteiger partial charge on any atom is -0.516 e. The topological polar surface area (TPSA) is 47.9 Å². The van der Waals surface area contributed by atoms with E-state index < -0.39 is 12.8 Å². The third-order valence-corrected chi connectivity index (χ3v) is 2.47. The van der Waals surface area contributed by atoms with E-state index in [2.05, 4.69) is 4.74 Å². The van der Waals surface area contributed by atoms with Crippen molar-refractivity contribution in [3.63, 3.8) is 0 Å². The fourth-order valence-electron chi connectivity index (χ4n) is 1.38. The van der Waals surface area contributed by atoms with Crippen molar-refractivity contribution in [2.45, 2.75) is 38.8 Å². The molecule has 0 saturated heterocycles. The quantitative estimate of drug-likeness (QED) is 0.417. The normalized spacial score (nSPS) is 12.9. The Hall–Kier alpha value is -0.790. The molecule has 0 atom stereocenters. The summed E-state index contributed by atoms with van der Waals surface area (Å²) in [7, 11) is 0. The zero-order valence-corrected chi connectivity index (χ0v) is 12.5. The van der Waals surface area contributed by atoms with Gasteiger partial charge in [-0.25, -0.2) is 0 Å². The monoisotopic (exact) mass is 314 g/mol. The first-order valence-corrected chi connectivity index (χ1v) is 7.05. The second kappa shape index (κ2) is 12.9. The van der Waals surface area contributed by atoms with Crippen molar-refractivity contribution in [2.24, 2.45) is 0 Å². The van der Waals surface area contributed by atoms with E-state index in [1.807, 2.05) is 0 Å². The molecule has 0 fully saturated rings. The zero-order chi connectivity index (χ0) is 16.0. The number of rotatable bonds is 13. The number of ether oxygens (including phenoxy) is 3. The Morgan fingerprint density at radius 3 is 1.86 bits per heavy atom. The molecule has 0 heterocycles. The highest BCUT2D eigenvalue weighted by atomic mass is 19.4. The molecule has 7 heteroatoms. The Bertz CT molecular complexity index is 267. The van der Waals surface area contributed by atoms with Gasteiger partial charge < -0.3 is 19.3 Å². The molecule has 0 aromatic rings. The number of aliphatic hydroxyl groups is 1. The van der Waals surface area contributed by atoms with Crippen LogP contribution < -0.4 is 0 Å². The van der Waals surface area contributed by atoms with Crippen molar-refractivity contribution >= 4 is 0 Å². The molecular formula is C14H25F3O4. The van der Waals surface area contributed by atoms with Gasteiger partial charge in [-0.1, -0.05) is 0 Å². The van der Waals surface area contributed by atoms with Crippen LogP contribution in [0, 0.1) is 0 Å². The first-order chi connectivity index (χ1) is 9.95. The molecule has 1 N–H and O–H groups in total. The molecule has 0 aliphatic rings. The maximum absolute atomic E-state index is 11.7. The van der Waals surface area contributed by atoms with E-state index >= 15 is 0 Å². The molecule has 0 saturated carbocycles. The Labute approximate surface area is 123 Å². The summed E-state index contributed by atoms with van der Waals surface area (Å²) in [5, 5.41) is 8.63. The molecular weight excluding hydrogens is 289 g/mol. The lowest BCUT2D eigenvalue weighted by molar-refractivity contribution is -0.174. The summed E-state index contributed by atoms with van der Waals surface area (Å²) >= 11 is 0. The van der Waals surface area contributed by atoms with Crippen molar-refractivity contribution in [3.05, 3.63) is 11.8 Å². The molecule has 0 radical (unpaired) electrons. The molecule has 0 aromatic carbocycles. The molecule has 126 valence electrons. The summed E-state index contributed by atoms with van der Waals surface area (Å²) in [6.07, 6.45) is -0.230. The standard InChI is InChI=1S/C14H25F3O4/c1-13(10-18)11-20-8-4-2-6-19-7-3-5-9-21-12-14(15,16)17/h10,18H,2-9,11-12H2,1H3. The summed E-state index contributed by atoms with van der Waals surface area (Å²) in [4.78, 5) is 0. The van der Waals surface area contributed by atoms with Gasteiger partial charge in [-0.2, -0.15) is 13.2 Å². The zero-order valence-electron chi connectivity index (χ0n) is 12.5. The fraction of sp³-hybridized carbons (Fsp3) is 0.857. The van der Waals surface area contributed by atoms with Crippen molar-refractivity contribution in [1.82, 2.24) is 0 Å². The third-order valence-electron chi connectivity index (χ3n) is 2.47. The lowest BCUT2D eigenvalue weighted by atomic mass is 10.3. The van der Waals surface area contributed by atoms with E-state index in [-0.39, 0.29) is 6.61 Å². The highest BCUT2D eigenvalue weighted by Crippen LogP contribution is 2.14. The van der Waals surface area contributed by atoms with Gasteiger partial charge in [-0.05, 0) is 38.2 Å². The second-order valence-electron chi connectivity index (χ2n) is 4.72. The number of hydrogen-bond acceptors (Lipinski definition) is 4. The van der Waals surface area contributed by atoms with Crippen LogP contribution in [-0.2, 0) is 14.2 Å². The Kier molecular flexibility index (Phi) is 12.4. The van der Waals surface area contributed by atoms with Gasteiger partial charge in [0.15, 0.2) is 0 Å². The van der Waals surface area contributed by atoms with Crippen LogP contribution in [0.25, 0.3) is 0 Å². The summed E-state index contributed by atoms with van der Waals surface area (Å²) in [5.41, 5.74) is 0.777. The Morgan fingerprint density at radius 1 is 0.905 bits per heavy atom. The van der Waals surface area contributed by atoms with Gasteiger partial charge in [0, 0.05) is 26.4 Å². The van der Waals surface area contributed by atoms with E-state index in [1.165, 1.54) is 0 Å². The lowest BCUT2D eigenvalue weighted by Gasteiger charge is -2.08. The number of alkyl halides is 3. The van der Waals surface area contributed by atoms with Crippen LogP contribution in [0.4, 0.5) is 13.2 Å². The molecule has 4 nitrogen and oxygen atoms in total. The van der Waals surface area contributed by atoms with Gasteiger partial charge in [0.05, 0.1) is 12.9 Å². The van der Waals surface area contributed by atoms with Crippen LogP contribution in [0.3, 0.4) is 0 Å². The maximum atomic E-state index is 11.7. The highest BCUT2D eigenvalue weighted by molar-refractivity contribution is 4.91. The summed E-state index contributed by atoms with van der Waals surface area (Å²) in [5.74, 6) is 0. The Balaban J connectivity index is 3.09. The number of halogens is 3. The van der Waals surface area contributed by atoms with Gasteiger partial charge in [-0.15, -0.1) is 0 Å². The van der Waals surface area contributed by atoms with Gasteiger partial charge in [0.2, 0.25) is 0 Å². The molecule has 0 amide bonds. The molecule has 0 unspecified atom stereocenters. The molecule has 0 spiro atoms. The van der Waals surface area contributed by atoms with Crippen LogP contribution in [-0.4, -0.2) is 50.9 Å². The third kappa shape index (κ3) is 17.2. The molecule has 21 heavy (non-hydrogen) atoms. The van der Waals surface area contributed by atoms with Crippen LogP contribution in [0.2, 0.25) is 0 Å². The molecule has 0 aromatic heterocycles. The van der Waals surface area contributed by atoms with Crippen LogP contribution in [0.1, 0.15) is 32.6 Å². The fourth-order valence-corrected chi connectivity index (χ4v) is 1.38. The number of aliphatic hydroxyl groups excluding tert-OH is 1. The van der Waals surface area contributed by atoms with Crippen LogP contribution in [0.5, 0.6) is 0 Å². The van der Waals surface area contributed by atoms with Gasteiger partial charge in [0.1, 0.15) is 6.61 Å². The smallest absolute Gasteiger partial charge is 0.411 e. The number of unbranched alkanes of at least 4 members (excludes halogenated alkanes) is 2. The first kappa shape index (κ1) is 20.2. The summed E-state index contributed by atoms with van der Waals surface area (Å²) < 4.78 is 50.4. The second-order valence-corrected chi connectivity index (χ2v) is 4.72. The largest absolute Gasteiger partial charge is 0.516 e. The minimum atomic E-state index is -4.25. The molecule has 0 bridgehead atoms. The first-order valence-electron chi connectivity index (χ1n) is 7.05. The van der Waals surface area contributed by atoms with Crippen LogP contribution in [0.15, 0.2) is 11.8 Å². The van der Waals surface area contributed by atoms with E-state index in [1.54, 1.807) is 6.92 Å². The van der Waals surface area contributed by atoms with E-state index in [0.29, 0.717) is 39.3 Å². The van der Waals surface area contributed by atoms with E-state index in [9.17, 15) is 13.2 Å². The van der Waals surface area contributed by atoms with Crippen molar-refractivity contribution < 1.29 is 32.5 Å². The average molecular weight is 314 g/mol. The van der Waals surface area contributed by atoms with Crippen LogP contribution >= 0.6 is 0 Å².